The van der Waals surface area contributed by atoms with E-state index in [4.69, 9.17) is 0 Å². The molecule has 264 valence electrons. The van der Waals surface area contributed by atoms with Gasteiger partial charge in [-0.25, -0.2) is 0 Å². The van der Waals surface area contributed by atoms with Gasteiger partial charge in [-0.15, -0.1) is 11.3 Å². The molecule has 0 amide bonds. The monoisotopic (exact) mass is 740 g/mol. The van der Waals surface area contributed by atoms with E-state index in [9.17, 15) is 0 Å². The van der Waals surface area contributed by atoms with E-state index in [2.05, 4.69) is 217 Å². The first kappa shape index (κ1) is 33.4. The number of fused-ring (bicyclic) bond motifs is 6. The molecule has 2 heterocycles. The number of para-hydroxylation sites is 2. The molecule has 10 rings (SSSR count). The van der Waals surface area contributed by atoms with Crippen LogP contribution in [0.4, 0.5) is 17.1 Å². The van der Waals surface area contributed by atoms with Crippen LogP contribution >= 0.6 is 11.3 Å². The summed E-state index contributed by atoms with van der Waals surface area (Å²) in [6.07, 6.45) is 0. The molecule has 0 radical (unpaired) electrons. The van der Waals surface area contributed by atoms with Crippen molar-refractivity contribution in [3.63, 3.8) is 0 Å². The zero-order chi connectivity index (χ0) is 37.1. The fraction of sp³-hybridized carbons (Fsp3) is 0.0588. The van der Waals surface area contributed by atoms with Crippen molar-refractivity contribution < 1.29 is 0 Å². The Hall–Kier alpha value is -6.20. The quantitative estimate of drug-likeness (QED) is 0.148. The Balaban J connectivity index is 1.09. The Labute approximate surface area is 327 Å². The number of hydrogen-bond acceptors (Lipinski definition) is 2. The number of anilines is 3. The maximum Gasteiger partial charge on any atom is 0.0776 e. The van der Waals surface area contributed by atoms with Crippen LogP contribution < -0.4 is 10.1 Å². The van der Waals surface area contributed by atoms with Gasteiger partial charge in [-0.1, -0.05) is 146 Å². The normalized spacial score (nSPS) is 11.9. The van der Waals surface area contributed by atoms with Crippen LogP contribution in [-0.4, -0.2) is 12.6 Å². The van der Waals surface area contributed by atoms with Crippen LogP contribution in [0.25, 0.3) is 69.9 Å². The molecule has 0 unspecified atom stereocenters. The Kier molecular flexibility index (Phi) is 8.05. The molecular formula is C51H40N2SSi. The Morgan fingerprint density at radius 1 is 0.436 bits per heavy atom. The molecule has 4 heteroatoms. The minimum Gasteiger partial charge on any atom is -0.311 e. The van der Waals surface area contributed by atoms with Gasteiger partial charge in [0.1, 0.15) is 0 Å². The van der Waals surface area contributed by atoms with Gasteiger partial charge in [0, 0.05) is 53.7 Å². The zero-order valence-electron chi connectivity index (χ0n) is 31.2. The SMILES string of the molecule is C[Si](C)(C)c1ccc2c3ccc(-c4ccc(N(c5ccccc5)c5ccccc5)cc4)cc3n(-c3ccc(-c4cccc5c4sc4ccccc45)cc3)c2c1. The van der Waals surface area contributed by atoms with E-state index in [1.807, 2.05) is 11.3 Å². The van der Waals surface area contributed by atoms with Crippen LogP contribution in [0.15, 0.2) is 188 Å². The molecule has 0 saturated carbocycles. The second kappa shape index (κ2) is 13.3. The summed E-state index contributed by atoms with van der Waals surface area (Å²) >= 11 is 1.89. The first-order valence-corrected chi connectivity index (χ1v) is 23.3. The summed E-state index contributed by atoms with van der Waals surface area (Å²) in [5, 5.41) is 6.70. The molecule has 0 aliphatic rings. The molecule has 0 atom stereocenters. The van der Waals surface area contributed by atoms with E-state index in [1.54, 1.807) is 0 Å². The van der Waals surface area contributed by atoms with Crippen molar-refractivity contribution in [3.8, 4) is 27.9 Å². The summed E-state index contributed by atoms with van der Waals surface area (Å²) < 4.78 is 5.17. The van der Waals surface area contributed by atoms with Crippen LogP contribution in [0.1, 0.15) is 0 Å². The van der Waals surface area contributed by atoms with Gasteiger partial charge in [0.15, 0.2) is 0 Å². The molecule has 8 aromatic carbocycles. The summed E-state index contributed by atoms with van der Waals surface area (Å²) in [6, 6.07) is 69.1. The summed E-state index contributed by atoms with van der Waals surface area (Å²) in [4.78, 5) is 2.31. The van der Waals surface area contributed by atoms with Gasteiger partial charge >= 0.3 is 0 Å². The predicted molar refractivity (Wildman–Crippen MR) is 242 cm³/mol. The average Bonchev–Trinajstić information content (AvgIpc) is 3.77. The highest BCUT2D eigenvalue weighted by atomic mass is 32.1. The molecule has 10 aromatic rings. The fourth-order valence-corrected chi connectivity index (χ4v) is 10.5. The molecule has 0 aliphatic heterocycles. The molecule has 2 aromatic heterocycles. The van der Waals surface area contributed by atoms with E-state index in [0.29, 0.717) is 0 Å². The highest BCUT2D eigenvalue weighted by molar-refractivity contribution is 7.26. The molecule has 0 bridgehead atoms. The van der Waals surface area contributed by atoms with Gasteiger partial charge in [0.05, 0.1) is 19.1 Å². The summed E-state index contributed by atoms with van der Waals surface area (Å²) in [6.45, 7) is 7.30. The highest BCUT2D eigenvalue weighted by Gasteiger charge is 2.21. The summed E-state index contributed by atoms with van der Waals surface area (Å²) in [5.74, 6) is 0. The zero-order valence-corrected chi connectivity index (χ0v) is 33.0. The molecule has 0 fully saturated rings. The van der Waals surface area contributed by atoms with Gasteiger partial charge in [-0.3, -0.25) is 0 Å². The lowest BCUT2D eigenvalue weighted by molar-refractivity contribution is 1.18. The lowest BCUT2D eigenvalue weighted by atomic mass is 10.0. The smallest absolute Gasteiger partial charge is 0.0776 e. The van der Waals surface area contributed by atoms with Crippen LogP contribution in [0.3, 0.4) is 0 Å². The van der Waals surface area contributed by atoms with Gasteiger partial charge in [-0.05, 0) is 89.0 Å². The minimum absolute atomic E-state index is 1.13. The van der Waals surface area contributed by atoms with E-state index >= 15 is 0 Å². The Morgan fingerprint density at radius 3 is 1.69 bits per heavy atom. The van der Waals surface area contributed by atoms with Crippen LogP contribution in [0.5, 0.6) is 0 Å². The molecule has 0 saturated heterocycles. The standard InChI is InChI=1S/C51H40N2SSi/c1-55(2,3)42-30-32-45-44-31-25-37(35-21-26-40(27-22-35)52(38-13-6-4-7-14-38)39-15-8-5-9-16-39)33-48(44)53(49(45)34-42)41-28-23-36(24-29-41)43-18-12-19-47-46-17-10-11-20-50(46)54-51(43)47/h4-34H,1-3H3. The molecule has 55 heavy (non-hydrogen) atoms. The molecule has 0 spiro atoms. The first-order valence-electron chi connectivity index (χ1n) is 19.0. The molecular weight excluding hydrogens is 701 g/mol. The van der Waals surface area contributed by atoms with Gasteiger partial charge < -0.3 is 9.47 Å². The van der Waals surface area contributed by atoms with Crippen LogP contribution in [-0.2, 0) is 0 Å². The summed E-state index contributed by atoms with van der Waals surface area (Å²) in [5.41, 5.74) is 12.0. The molecule has 0 aliphatic carbocycles. The number of rotatable bonds is 7. The summed E-state index contributed by atoms with van der Waals surface area (Å²) in [7, 11) is -1.56. The lowest BCUT2D eigenvalue weighted by Gasteiger charge is -2.25. The van der Waals surface area contributed by atoms with Gasteiger partial charge in [0.25, 0.3) is 0 Å². The van der Waals surface area contributed by atoms with Gasteiger partial charge in [-0.2, -0.15) is 0 Å². The van der Waals surface area contributed by atoms with Crippen molar-refractivity contribution in [1.29, 1.82) is 0 Å². The predicted octanol–water partition coefficient (Wildman–Crippen LogP) is 14.5. The first-order chi connectivity index (χ1) is 26.9. The number of benzene rings is 8. The van der Waals surface area contributed by atoms with E-state index < -0.39 is 8.07 Å². The number of aromatic nitrogens is 1. The largest absolute Gasteiger partial charge is 0.311 e. The van der Waals surface area contributed by atoms with Crippen molar-refractivity contribution >= 4 is 83.6 Å². The fourth-order valence-electron chi connectivity index (χ4n) is 8.11. The number of thiophene rings is 1. The maximum atomic E-state index is 2.49. The van der Waals surface area contributed by atoms with Crippen molar-refractivity contribution in [2.45, 2.75) is 19.6 Å². The number of hydrogen-bond donors (Lipinski definition) is 0. The van der Waals surface area contributed by atoms with Crippen molar-refractivity contribution in [3.05, 3.63) is 188 Å². The van der Waals surface area contributed by atoms with Gasteiger partial charge in [0.2, 0.25) is 0 Å². The second-order valence-electron chi connectivity index (χ2n) is 15.4. The highest BCUT2D eigenvalue weighted by Crippen LogP contribution is 2.41. The average molecular weight is 741 g/mol. The number of nitrogens with zero attached hydrogens (tertiary/aromatic N) is 2. The lowest BCUT2D eigenvalue weighted by Crippen LogP contribution is -2.37. The van der Waals surface area contributed by atoms with Crippen molar-refractivity contribution in [1.82, 2.24) is 4.57 Å². The van der Waals surface area contributed by atoms with E-state index in [-0.39, 0.29) is 0 Å². The minimum atomic E-state index is -1.56. The van der Waals surface area contributed by atoms with Crippen molar-refractivity contribution in [2.24, 2.45) is 0 Å². The van der Waals surface area contributed by atoms with Crippen LogP contribution in [0, 0.1) is 0 Å². The second-order valence-corrected chi connectivity index (χ2v) is 21.6. The maximum absolute atomic E-state index is 2.49. The Morgan fingerprint density at radius 2 is 1.00 bits per heavy atom. The third-order valence-corrected chi connectivity index (χ3v) is 14.2. The third kappa shape index (κ3) is 5.86. The van der Waals surface area contributed by atoms with E-state index in [0.717, 1.165) is 17.1 Å². The van der Waals surface area contributed by atoms with E-state index in [1.165, 1.54) is 75.1 Å². The molecule has 0 N–H and O–H groups in total. The third-order valence-electron chi connectivity index (χ3n) is 11.0. The van der Waals surface area contributed by atoms with Crippen molar-refractivity contribution in [2.75, 3.05) is 4.90 Å². The van der Waals surface area contributed by atoms with Crippen LogP contribution in [0.2, 0.25) is 19.6 Å². The Bertz CT molecular complexity index is 2950. The topological polar surface area (TPSA) is 8.17 Å². The molecule has 2 nitrogen and oxygen atoms in total.